The van der Waals surface area contributed by atoms with Crippen LogP contribution in [0.2, 0.25) is 0 Å². The Morgan fingerprint density at radius 2 is 1.73 bits per heavy atom. The Morgan fingerprint density at radius 1 is 1.03 bits per heavy atom. The molecule has 8 nitrogen and oxygen atoms in total. The maximum atomic E-state index is 13.1. The molecule has 2 heterocycles. The second-order valence-corrected chi connectivity index (χ2v) is 9.56. The van der Waals surface area contributed by atoms with E-state index in [-0.39, 0.29) is 24.0 Å². The molecule has 0 aliphatic carbocycles. The van der Waals surface area contributed by atoms with E-state index in [0.29, 0.717) is 26.2 Å². The second kappa shape index (κ2) is 9.99. The van der Waals surface area contributed by atoms with Gasteiger partial charge in [0, 0.05) is 39.5 Å². The van der Waals surface area contributed by atoms with Crippen molar-refractivity contribution in [2.45, 2.75) is 24.2 Å². The lowest BCUT2D eigenvalue weighted by Crippen LogP contribution is -2.50. The number of rotatable bonds is 7. The zero-order chi connectivity index (χ0) is 23.3. The van der Waals surface area contributed by atoms with Gasteiger partial charge in [-0.15, -0.1) is 0 Å². The smallest absolute Gasteiger partial charge is 0.263 e. The number of benzene rings is 2. The summed E-state index contributed by atoms with van der Waals surface area (Å²) in [5.74, 6) is 0.265. The average molecular weight is 468 g/mol. The van der Waals surface area contributed by atoms with Crippen LogP contribution in [0.1, 0.15) is 26.3 Å². The van der Waals surface area contributed by atoms with Gasteiger partial charge in [0.1, 0.15) is 12.1 Å². The average Bonchev–Trinajstić information content (AvgIpc) is 2.86. The third-order valence-corrected chi connectivity index (χ3v) is 7.20. The lowest BCUT2D eigenvalue weighted by atomic mass is 9.95. The lowest BCUT2D eigenvalue weighted by molar-refractivity contribution is -0.133. The van der Waals surface area contributed by atoms with Gasteiger partial charge in [0.2, 0.25) is 5.91 Å². The van der Waals surface area contributed by atoms with Crippen molar-refractivity contribution in [3.8, 4) is 0 Å². The van der Waals surface area contributed by atoms with Crippen molar-refractivity contribution in [1.82, 2.24) is 14.9 Å². The minimum Gasteiger partial charge on any atom is -0.368 e. The molecule has 1 aromatic heterocycles. The summed E-state index contributed by atoms with van der Waals surface area (Å²) in [6, 6.07) is 18.2. The number of sulfonamides is 1. The molecule has 1 amide bonds. The van der Waals surface area contributed by atoms with E-state index < -0.39 is 10.0 Å². The quantitative estimate of drug-likeness (QED) is 0.572. The van der Waals surface area contributed by atoms with Crippen molar-refractivity contribution in [1.29, 1.82) is 0 Å². The molecule has 1 N–H and O–H groups in total. The molecular formula is C24H29N5O3S. The summed E-state index contributed by atoms with van der Waals surface area (Å²) in [7, 11) is -3.73. The maximum absolute atomic E-state index is 13.1. The number of piperazine rings is 1. The van der Waals surface area contributed by atoms with Crippen molar-refractivity contribution >= 4 is 27.4 Å². The van der Waals surface area contributed by atoms with E-state index in [1.807, 2.05) is 42.2 Å². The summed E-state index contributed by atoms with van der Waals surface area (Å²) >= 11 is 0. The molecule has 0 radical (unpaired) electrons. The fourth-order valence-electron chi connectivity index (χ4n) is 4.03. The van der Waals surface area contributed by atoms with Crippen molar-refractivity contribution < 1.29 is 14.6 Å². The minimum absolute atomic E-state index is 0. The van der Waals surface area contributed by atoms with E-state index in [1.165, 1.54) is 18.6 Å². The largest absolute Gasteiger partial charge is 0.368 e. The normalized spacial score (nSPS) is 15.2. The first-order chi connectivity index (χ1) is 16.0. The zero-order valence-corrected chi connectivity index (χ0v) is 19.3. The number of carbonyl (C=O) groups is 1. The molecule has 9 heteroatoms. The molecule has 1 saturated heterocycles. The molecule has 1 fully saturated rings. The number of amides is 1. The van der Waals surface area contributed by atoms with Gasteiger partial charge in [0.15, 0.2) is 0 Å². The maximum Gasteiger partial charge on any atom is 0.263 e. The fraction of sp³-hybridized carbons (Fsp3) is 0.292. The third kappa shape index (κ3) is 5.31. The molecule has 0 bridgehead atoms. The molecule has 0 spiro atoms. The Labute approximate surface area is 195 Å². The highest BCUT2D eigenvalue weighted by atomic mass is 32.2. The Kier molecular flexibility index (Phi) is 6.88. The van der Waals surface area contributed by atoms with Crippen LogP contribution in [0.15, 0.2) is 78.1 Å². The lowest BCUT2D eigenvalue weighted by Gasteiger charge is -2.37. The Bertz CT molecular complexity index is 1170. The topological polar surface area (TPSA) is 95.5 Å². The van der Waals surface area contributed by atoms with Crippen LogP contribution >= 0.6 is 0 Å². The number of nitrogens with one attached hydrogen (secondary N) is 1. The molecule has 4 rings (SSSR count). The highest BCUT2D eigenvalue weighted by Crippen LogP contribution is 2.25. The van der Waals surface area contributed by atoms with Crippen LogP contribution in [-0.2, 0) is 14.8 Å². The molecule has 2 aromatic carbocycles. The Morgan fingerprint density at radius 3 is 2.33 bits per heavy atom. The fourth-order valence-corrected chi connectivity index (χ4v) is 5.04. The Balaban J connectivity index is 0.00000324. The van der Waals surface area contributed by atoms with Crippen molar-refractivity contribution in [2.75, 3.05) is 35.8 Å². The van der Waals surface area contributed by atoms with E-state index in [4.69, 9.17) is 0 Å². The molecule has 1 aliphatic heterocycles. The van der Waals surface area contributed by atoms with Crippen LogP contribution in [0.25, 0.3) is 0 Å². The van der Waals surface area contributed by atoms with Gasteiger partial charge in [-0.05, 0) is 42.3 Å². The van der Waals surface area contributed by atoms with Crippen LogP contribution in [0.3, 0.4) is 0 Å². The van der Waals surface area contributed by atoms with E-state index >= 15 is 0 Å². The van der Waals surface area contributed by atoms with Crippen molar-refractivity contribution in [3.05, 3.63) is 78.8 Å². The predicted octanol–water partition coefficient (Wildman–Crippen LogP) is 3.37. The van der Waals surface area contributed by atoms with E-state index in [9.17, 15) is 13.2 Å². The van der Waals surface area contributed by atoms with Gasteiger partial charge in [-0.3, -0.25) is 9.52 Å². The highest BCUT2D eigenvalue weighted by Gasteiger charge is 2.27. The van der Waals surface area contributed by atoms with E-state index in [0.717, 1.165) is 17.7 Å². The summed E-state index contributed by atoms with van der Waals surface area (Å²) in [5.41, 5.74) is 1.98. The van der Waals surface area contributed by atoms with Crippen LogP contribution in [0.5, 0.6) is 0 Å². The molecule has 1 aliphatic rings. The predicted molar refractivity (Wildman–Crippen MR) is 130 cm³/mol. The van der Waals surface area contributed by atoms with Crippen molar-refractivity contribution in [2.24, 2.45) is 0 Å². The number of carbonyl (C=O) groups excluding carboxylic acids is 1. The monoisotopic (exact) mass is 467 g/mol. The van der Waals surface area contributed by atoms with Gasteiger partial charge in [-0.25, -0.2) is 18.4 Å². The first-order valence-corrected chi connectivity index (χ1v) is 12.4. The highest BCUT2D eigenvalue weighted by molar-refractivity contribution is 7.92. The zero-order valence-electron chi connectivity index (χ0n) is 18.5. The first kappa shape index (κ1) is 22.7. The van der Waals surface area contributed by atoms with Gasteiger partial charge >= 0.3 is 0 Å². The molecule has 33 heavy (non-hydrogen) atoms. The summed E-state index contributed by atoms with van der Waals surface area (Å²) in [5, 5.41) is 0. The van der Waals surface area contributed by atoms with Gasteiger partial charge < -0.3 is 9.80 Å². The summed E-state index contributed by atoms with van der Waals surface area (Å²) in [6.45, 7) is 4.71. The van der Waals surface area contributed by atoms with Crippen molar-refractivity contribution in [3.63, 3.8) is 0 Å². The number of aromatic nitrogens is 2. The number of anilines is 2. The molecule has 0 saturated carbocycles. The van der Waals surface area contributed by atoms with Gasteiger partial charge in [0.25, 0.3) is 10.0 Å². The summed E-state index contributed by atoms with van der Waals surface area (Å²) < 4.78 is 27.6. The third-order valence-electron chi connectivity index (χ3n) is 5.83. The number of hydrogen-bond acceptors (Lipinski definition) is 6. The van der Waals surface area contributed by atoms with Crippen LogP contribution in [0.4, 0.5) is 11.5 Å². The van der Waals surface area contributed by atoms with Gasteiger partial charge in [0.05, 0.1) is 10.8 Å². The van der Waals surface area contributed by atoms with E-state index in [1.54, 1.807) is 24.3 Å². The molecule has 3 aromatic rings. The van der Waals surface area contributed by atoms with Gasteiger partial charge in [-0.1, -0.05) is 37.3 Å². The molecular weight excluding hydrogens is 438 g/mol. The second-order valence-electron chi connectivity index (χ2n) is 7.88. The standard InChI is InChI=1S/C24H27N5O3S.H2/c1-2-22(19-6-4-3-5-7-19)24(30)29-16-14-28(15-17-29)20-8-10-21(11-9-20)33(31,32)27-23-12-13-25-18-26-23;/h3-13,18,22H,2,14-17H2,1H3,(H,25,26,27);1H/t22-;/m0./s1. The SMILES string of the molecule is CC[C@H](C(=O)N1CCN(c2ccc(S(=O)(=O)Nc3ccncn3)cc2)CC1)c1ccccc1.[HH]. The molecule has 174 valence electrons. The Hall–Kier alpha value is -3.46. The summed E-state index contributed by atoms with van der Waals surface area (Å²) in [4.78, 5) is 25.0. The van der Waals surface area contributed by atoms with Crippen LogP contribution in [-0.4, -0.2) is 55.4 Å². The molecule has 0 unspecified atom stereocenters. The van der Waals surface area contributed by atoms with E-state index in [2.05, 4.69) is 19.6 Å². The first-order valence-electron chi connectivity index (χ1n) is 11.0. The number of hydrogen-bond donors (Lipinski definition) is 1. The molecule has 1 atom stereocenters. The summed E-state index contributed by atoms with van der Waals surface area (Å²) in [6.07, 6.45) is 3.52. The van der Waals surface area contributed by atoms with Gasteiger partial charge in [-0.2, -0.15) is 0 Å². The van der Waals surface area contributed by atoms with Crippen LogP contribution in [0, 0.1) is 0 Å². The number of nitrogens with zero attached hydrogens (tertiary/aromatic N) is 4. The van der Waals surface area contributed by atoms with Crippen LogP contribution < -0.4 is 9.62 Å². The minimum atomic E-state index is -3.73.